The Morgan fingerprint density at radius 3 is 2.82 bits per heavy atom. The van der Waals surface area contributed by atoms with E-state index in [-0.39, 0.29) is 30.0 Å². The van der Waals surface area contributed by atoms with Gasteiger partial charge in [0.1, 0.15) is 11.4 Å². The lowest BCUT2D eigenvalue weighted by Crippen LogP contribution is -2.44. The summed E-state index contributed by atoms with van der Waals surface area (Å²) in [6.45, 7) is 7.41. The van der Waals surface area contributed by atoms with Crippen LogP contribution in [0.15, 0.2) is 36.9 Å². The molecular weight excluding hydrogens is 280 g/mol. The van der Waals surface area contributed by atoms with E-state index in [0.29, 0.717) is 6.42 Å². The molecule has 1 aromatic carbocycles. The van der Waals surface area contributed by atoms with E-state index >= 15 is 0 Å². The summed E-state index contributed by atoms with van der Waals surface area (Å²) in [5.74, 6) is 0.317. The summed E-state index contributed by atoms with van der Waals surface area (Å²) in [6.07, 6.45) is 1.87. The molecule has 2 amide bonds. The molecule has 1 aromatic rings. The van der Waals surface area contributed by atoms with E-state index in [2.05, 4.69) is 11.9 Å². The molecular formula is C17H22N2O3. The van der Waals surface area contributed by atoms with Gasteiger partial charge in [0.2, 0.25) is 11.8 Å². The molecule has 0 saturated heterocycles. The fourth-order valence-corrected chi connectivity index (χ4v) is 2.62. The van der Waals surface area contributed by atoms with Crippen LogP contribution in [0.3, 0.4) is 0 Å². The number of para-hydroxylation sites is 1. The molecule has 118 valence electrons. The standard InChI is InChI=1S/C17H22N2O3/c1-5-16(21)19(4)11-15(20)18-13-10-17(2,3)22-14-9-7-6-8-12(13)14/h5-9,13H,1,10-11H2,2-4H3,(H,18,20). The van der Waals surface area contributed by atoms with Crippen molar-refractivity contribution in [1.29, 1.82) is 0 Å². The molecule has 2 rings (SSSR count). The van der Waals surface area contributed by atoms with Gasteiger partial charge in [-0.25, -0.2) is 0 Å². The van der Waals surface area contributed by atoms with Crippen LogP contribution >= 0.6 is 0 Å². The zero-order valence-electron chi connectivity index (χ0n) is 13.3. The Hall–Kier alpha value is -2.30. The number of nitrogens with zero attached hydrogens (tertiary/aromatic N) is 1. The van der Waals surface area contributed by atoms with Gasteiger partial charge >= 0.3 is 0 Å². The number of fused-ring (bicyclic) bond motifs is 1. The third kappa shape index (κ3) is 3.67. The van der Waals surface area contributed by atoms with E-state index in [9.17, 15) is 9.59 Å². The van der Waals surface area contributed by atoms with Crippen LogP contribution in [0.25, 0.3) is 0 Å². The molecule has 1 unspecified atom stereocenters. The summed E-state index contributed by atoms with van der Waals surface area (Å²) in [4.78, 5) is 25.0. The number of ether oxygens (including phenoxy) is 1. The Balaban J connectivity index is 2.10. The molecule has 0 bridgehead atoms. The minimum atomic E-state index is -0.352. The van der Waals surface area contributed by atoms with Crippen molar-refractivity contribution < 1.29 is 14.3 Å². The average molecular weight is 302 g/mol. The fourth-order valence-electron chi connectivity index (χ4n) is 2.62. The van der Waals surface area contributed by atoms with Crippen LogP contribution < -0.4 is 10.1 Å². The topological polar surface area (TPSA) is 58.6 Å². The quantitative estimate of drug-likeness (QED) is 0.866. The SMILES string of the molecule is C=CC(=O)N(C)CC(=O)NC1CC(C)(C)Oc2ccccc21. The van der Waals surface area contributed by atoms with Gasteiger partial charge in [-0.3, -0.25) is 9.59 Å². The van der Waals surface area contributed by atoms with Crippen LogP contribution in [0.2, 0.25) is 0 Å². The molecule has 1 aliphatic heterocycles. The number of likely N-dealkylation sites (N-methyl/N-ethyl adjacent to an activating group) is 1. The number of amides is 2. The van der Waals surface area contributed by atoms with E-state index < -0.39 is 0 Å². The minimum absolute atomic E-state index is 0.00477. The Morgan fingerprint density at radius 1 is 1.45 bits per heavy atom. The van der Waals surface area contributed by atoms with E-state index in [1.165, 1.54) is 11.0 Å². The maximum Gasteiger partial charge on any atom is 0.246 e. The van der Waals surface area contributed by atoms with Gasteiger partial charge in [-0.2, -0.15) is 0 Å². The van der Waals surface area contributed by atoms with Crippen LogP contribution in [-0.4, -0.2) is 35.9 Å². The Morgan fingerprint density at radius 2 is 2.14 bits per heavy atom. The first-order valence-electron chi connectivity index (χ1n) is 7.27. The highest BCUT2D eigenvalue weighted by molar-refractivity contribution is 5.90. The van der Waals surface area contributed by atoms with Gasteiger partial charge in [-0.1, -0.05) is 24.8 Å². The Labute approximate surface area is 130 Å². The number of hydrogen-bond donors (Lipinski definition) is 1. The molecule has 1 aliphatic rings. The van der Waals surface area contributed by atoms with Crippen molar-refractivity contribution in [1.82, 2.24) is 10.2 Å². The summed E-state index contributed by atoms with van der Waals surface area (Å²) < 4.78 is 5.94. The molecule has 0 radical (unpaired) electrons. The predicted octanol–water partition coefficient (Wildman–Crippen LogP) is 2.05. The van der Waals surface area contributed by atoms with Crippen LogP contribution in [0.1, 0.15) is 31.9 Å². The Kier molecular flexibility index (Phi) is 4.54. The lowest BCUT2D eigenvalue weighted by Gasteiger charge is -2.38. The highest BCUT2D eigenvalue weighted by atomic mass is 16.5. The number of hydrogen-bond acceptors (Lipinski definition) is 3. The number of rotatable bonds is 4. The highest BCUT2D eigenvalue weighted by Crippen LogP contribution is 2.39. The highest BCUT2D eigenvalue weighted by Gasteiger charge is 2.34. The smallest absolute Gasteiger partial charge is 0.246 e. The maximum atomic E-state index is 12.2. The fraction of sp³-hybridized carbons (Fsp3) is 0.412. The molecule has 1 heterocycles. The number of benzene rings is 1. The molecule has 0 fully saturated rings. The van der Waals surface area contributed by atoms with Gasteiger partial charge in [0.25, 0.3) is 0 Å². The molecule has 0 aliphatic carbocycles. The van der Waals surface area contributed by atoms with Gasteiger partial charge in [-0.05, 0) is 26.0 Å². The summed E-state index contributed by atoms with van der Waals surface area (Å²) >= 11 is 0. The van der Waals surface area contributed by atoms with Crippen LogP contribution in [0.4, 0.5) is 0 Å². The van der Waals surface area contributed by atoms with Gasteiger partial charge < -0.3 is 15.0 Å². The van der Waals surface area contributed by atoms with E-state index in [4.69, 9.17) is 4.74 Å². The molecule has 1 atom stereocenters. The largest absolute Gasteiger partial charge is 0.487 e. The maximum absolute atomic E-state index is 12.2. The second-order valence-electron chi connectivity index (χ2n) is 6.12. The molecule has 1 N–H and O–H groups in total. The summed E-state index contributed by atoms with van der Waals surface area (Å²) in [6, 6.07) is 7.57. The van der Waals surface area contributed by atoms with Crippen molar-refractivity contribution in [2.24, 2.45) is 0 Å². The van der Waals surface area contributed by atoms with Crippen LogP contribution in [0.5, 0.6) is 5.75 Å². The van der Waals surface area contributed by atoms with E-state index in [0.717, 1.165) is 11.3 Å². The van der Waals surface area contributed by atoms with Crippen molar-refractivity contribution >= 4 is 11.8 Å². The van der Waals surface area contributed by atoms with Crippen molar-refractivity contribution in [2.75, 3.05) is 13.6 Å². The monoisotopic (exact) mass is 302 g/mol. The normalized spacial score (nSPS) is 18.6. The van der Waals surface area contributed by atoms with Crippen LogP contribution in [0, 0.1) is 0 Å². The van der Waals surface area contributed by atoms with Gasteiger partial charge in [0.15, 0.2) is 0 Å². The van der Waals surface area contributed by atoms with Gasteiger partial charge in [0.05, 0.1) is 12.6 Å². The first kappa shape index (κ1) is 16.1. The molecule has 0 aromatic heterocycles. The lowest BCUT2D eigenvalue weighted by molar-refractivity contribution is -0.131. The predicted molar refractivity (Wildman–Crippen MR) is 84.5 cm³/mol. The molecule has 0 saturated carbocycles. The molecule has 5 heteroatoms. The number of carbonyl (C=O) groups is 2. The van der Waals surface area contributed by atoms with Crippen molar-refractivity contribution in [3.8, 4) is 5.75 Å². The zero-order valence-corrected chi connectivity index (χ0v) is 13.3. The number of nitrogens with one attached hydrogen (secondary N) is 1. The second kappa shape index (κ2) is 6.22. The van der Waals surface area contributed by atoms with E-state index in [1.54, 1.807) is 7.05 Å². The molecule has 0 spiro atoms. The van der Waals surface area contributed by atoms with Crippen LogP contribution in [-0.2, 0) is 9.59 Å². The van der Waals surface area contributed by atoms with Crippen molar-refractivity contribution in [2.45, 2.75) is 31.9 Å². The summed E-state index contributed by atoms with van der Waals surface area (Å²) in [5.41, 5.74) is 0.614. The van der Waals surface area contributed by atoms with Crippen molar-refractivity contribution in [3.63, 3.8) is 0 Å². The third-order valence-electron chi connectivity index (χ3n) is 3.64. The Bertz CT molecular complexity index is 595. The first-order valence-corrected chi connectivity index (χ1v) is 7.27. The molecule has 22 heavy (non-hydrogen) atoms. The summed E-state index contributed by atoms with van der Waals surface area (Å²) in [7, 11) is 1.57. The van der Waals surface area contributed by atoms with Gasteiger partial charge in [0, 0.05) is 19.0 Å². The van der Waals surface area contributed by atoms with Gasteiger partial charge in [-0.15, -0.1) is 0 Å². The summed E-state index contributed by atoms with van der Waals surface area (Å²) in [5, 5.41) is 2.99. The molecule has 5 nitrogen and oxygen atoms in total. The second-order valence-corrected chi connectivity index (χ2v) is 6.12. The van der Waals surface area contributed by atoms with E-state index in [1.807, 2.05) is 38.1 Å². The van der Waals surface area contributed by atoms with Crippen molar-refractivity contribution in [3.05, 3.63) is 42.5 Å². The minimum Gasteiger partial charge on any atom is -0.487 e. The lowest BCUT2D eigenvalue weighted by atomic mass is 9.89. The first-order chi connectivity index (χ1) is 10.3. The zero-order chi connectivity index (χ0) is 16.3. The average Bonchev–Trinajstić information content (AvgIpc) is 2.44. The third-order valence-corrected chi connectivity index (χ3v) is 3.64. The number of carbonyl (C=O) groups excluding carboxylic acids is 2.